The third kappa shape index (κ3) is 3.60. The van der Waals surface area contributed by atoms with Crippen LogP contribution in [0.2, 0.25) is 0 Å². The van der Waals surface area contributed by atoms with Gasteiger partial charge >= 0.3 is 0 Å². The number of nitriles is 2. The summed E-state index contributed by atoms with van der Waals surface area (Å²) in [7, 11) is -2.30. The second kappa shape index (κ2) is 5.96. The topological polar surface area (TPSA) is 89.0 Å². The lowest BCUT2D eigenvalue weighted by Crippen LogP contribution is -2.20. The van der Waals surface area contributed by atoms with E-state index in [0.717, 1.165) is 4.88 Å². The molecule has 0 fully saturated rings. The highest BCUT2D eigenvalue weighted by Gasteiger charge is 2.14. The number of aliphatic imine (C=N–C) groups is 1. The van der Waals surface area contributed by atoms with E-state index in [9.17, 15) is 4.21 Å². The van der Waals surface area contributed by atoms with Gasteiger partial charge in [0, 0.05) is 22.7 Å². The van der Waals surface area contributed by atoms with Gasteiger partial charge in [-0.1, -0.05) is 6.07 Å². The van der Waals surface area contributed by atoms with E-state index >= 15 is 0 Å². The lowest BCUT2D eigenvalue weighted by atomic mass is 10.2. The van der Waals surface area contributed by atoms with Crippen molar-refractivity contribution >= 4 is 31.9 Å². The normalized spacial score (nSPS) is 20.2. The number of nitrogens with zero attached hydrogens (tertiary/aromatic N) is 3. The lowest BCUT2D eigenvalue weighted by molar-refractivity contribution is 0.689. The molecule has 0 amide bonds. The summed E-state index contributed by atoms with van der Waals surface area (Å²) in [5, 5.41) is 25.6. The van der Waals surface area contributed by atoms with Crippen LogP contribution in [0.25, 0.3) is 0 Å². The van der Waals surface area contributed by atoms with E-state index in [1.165, 1.54) is 16.7 Å². The van der Waals surface area contributed by atoms with Gasteiger partial charge in [-0.3, -0.25) is 4.21 Å². The van der Waals surface area contributed by atoms with Gasteiger partial charge in [-0.15, -0.1) is 11.3 Å². The van der Waals surface area contributed by atoms with Crippen LogP contribution in [0.4, 0.5) is 0 Å². The maximum atomic E-state index is 12.4. The molecule has 1 N–H and O–H groups in total. The number of hydrogen-bond acceptors (Lipinski definition) is 6. The number of thiophene rings is 1. The van der Waals surface area contributed by atoms with Crippen molar-refractivity contribution < 1.29 is 4.21 Å². The quantitative estimate of drug-likeness (QED) is 0.682. The third-order valence-electron chi connectivity index (χ3n) is 2.62. The van der Waals surface area contributed by atoms with Crippen molar-refractivity contribution in [1.82, 2.24) is 5.32 Å². The number of allylic oxidation sites excluding steroid dienone is 2. The molecule has 7 heteroatoms. The molecule has 1 aliphatic heterocycles. The van der Waals surface area contributed by atoms with Crippen LogP contribution in [0.3, 0.4) is 0 Å². The van der Waals surface area contributed by atoms with Gasteiger partial charge in [0.25, 0.3) is 0 Å². The summed E-state index contributed by atoms with van der Waals surface area (Å²) in [5.41, 5.74) is 0.990. The average Bonchev–Trinajstić information content (AvgIpc) is 2.92. The van der Waals surface area contributed by atoms with Crippen LogP contribution in [-0.4, -0.2) is 21.5 Å². The number of nitrogens with one attached hydrogen (secondary N) is 1. The molecule has 0 aliphatic carbocycles. The molecule has 0 bridgehead atoms. The minimum atomic E-state index is -2.30. The number of rotatable bonds is 3. The minimum Gasteiger partial charge on any atom is -0.342 e. The fourth-order valence-corrected chi connectivity index (χ4v) is 3.71. The van der Waals surface area contributed by atoms with Crippen molar-refractivity contribution in [2.75, 3.05) is 6.26 Å². The van der Waals surface area contributed by atoms with Crippen molar-refractivity contribution in [1.29, 1.82) is 10.5 Å². The van der Waals surface area contributed by atoms with E-state index in [-0.39, 0.29) is 5.57 Å². The van der Waals surface area contributed by atoms with Gasteiger partial charge in [0.05, 0.1) is 10.6 Å². The molecular formula is C14H12N4OS2. The summed E-state index contributed by atoms with van der Waals surface area (Å²) in [6, 6.07) is 7.40. The lowest BCUT2D eigenvalue weighted by Gasteiger charge is -2.13. The van der Waals surface area contributed by atoms with E-state index in [1.807, 2.05) is 17.5 Å². The van der Waals surface area contributed by atoms with Gasteiger partial charge in [0.15, 0.2) is 0 Å². The molecule has 106 valence electrons. The molecule has 2 rings (SSSR count). The molecule has 1 unspecified atom stereocenters. The maximum Gasteiger partial charge on any atom is 0.148 e. The second-order valence-electron chi connectivity index (χ2n) is 4.41. The molecule has 0 saturated heterocycles. The SMILES string of the molecule is CC(NC1=CS(C)(=O)=CC(c2cccs2)=N1)=C(C#N)C#N. The Labute approximate surface area is 127 Å². The summed E-state index contributed by atoms with van der Waals surface area (Å²) in [6.07, 6.45) is 1.62. The van der Waals surface area contributed by atoms with Crippen LogP contribution in [0.1, 0.15) is 11.8 Å². The first-order chi connectivity index (χ1) is 9.95. The average molecular weight is 316 g/mol. The fraction of sp³-hybridized carbons (Fsp3) is 0.143. The van der Waals surface area contributed by atoms with Gasteiger partial charge in [0.2, 0.25) is 0 Å². The summed E-state index contributed by atoms with van der Waals surface area (Å²) in [6.45, 7) is 1.61. The Morgan fingerprint density at radius 2 is 2.14 bits per heavy atom. The van der Waals surface area contributed by atoms with Gasteiger partial charge in [-0.05, 0) is 27.9 Å². The third-order valence-corrected chi connectivity index (χ3v) is 4.89. The maximum absolute atomic E-state index is 12.4. The molecule has 0 aromatic carbocycles. The van der Waals surface area contributed by atoms with Gasteiger partial charge < -0.3 is 5.32 Å². The summed E-state index contributed by atoms with van der Waals surface area (Å²) in [4.78, 5) is 5.32. The first-order valence-electron chi connectivity index (χ1n) is 5.91. The van der Waals surface area contributed by atoms with Crippen molar-refractivity contribution in [2.45, 2.75) is 6.92 Å². The minimum absolute atomic E-state index is 0.0269. The summed E-state index contributed by atoms with van der Waals surface area (Å²) < 4.78 is 12.4. The van der Waals surface area contributed by atoms with Crippen LogP contribution < -0.4 is 5.32 Å². The Bertz CT molecular complexity index is 836. The zero-order valence-electron chi connectivity index (χ0n) is 11.5. The van der Waals surface area contributed by atoms with E-state index in [0.29, 0.717) is 17.2 Å². The number of hydrogen-bond donors (Lipinski definition) is 1. The largest absolute Gasteiger partial charge is 0.342 e. The highest BCUT2D eigenvalue weighted by Crippen LogP contribution is 2.16. The van der Waals surface area contributed by atoms with Crippen LogP contribution >= 0.6 is 11.3 Å². The van der Waals surface area contributed by atoms with Crippen molar-refractivity contribution in [3.05, 3.63) is 44.9 Å². The molecule has 0 spiro atoms. The van der Waals surface area contributed by atoms with Crippen molar-refractivity contribution in [3.8, 4) is 12.1 Å². The highest BCUT2D eigenvalue weighted by molar-refractivity contribution is 8.04. The monoisotopic (exact) mass is 316 g/mol. The zero-order chi connectivity index (χ0) is 15.5. The Morgan fingerprint density at radius 3 is 2.71 bits per heavy atom. The Kier molecular flexibility index (Phi) is 4.27. The Morgan fingerprint density at radius 1 is 1.43 bits per heavy atom. The van der Waals surface area contributed by atoms with E-state index in [2.05, 4.69) is 10.3 Å². The smallest absolute Gasteiger partial charge is 0.148 e. The van der Waals surface area contributed by atoms with E-state index < -0.39 is 9.52 Å². The van der Waals surface area contributed by atoms with Gasteiger partial charge in [-0.2, -0.15) is 10.5 Å². The molecule has 5 nitrogen and oxygen atoms in total. The molecule has 1 atom stereocenters. The van der Waals surface area contributed by atoms with Crippen LogP contribution in [-0.2, 0) is 9.52 Å². The predicted molar refractivity (Wildman–Crippen MR) is 86.1 cm³/mol. The molecule has 1 aromatic heterocycles. The Hall–Kier alpha value is -2.35. The van der Waals surface area contributed by atoms with E-state index in [1.54, 1.807) is 30.7 Å². The Balaban J connectivity index is 2.43. The van der Waals surface area contributed by atoms with E-state index in [4.69, 9.17) is 10.5 Å². The molecule has 21 heavy (non-hydrogen) atoms. The second-order valence-corrected chi connectivity index (χ2v) is 7.76. The molecule has 2 heterocycles. The summed E-state index contributed by atoms with van der Waals surface area (Å²) >= 11 is 1.51. The first-order valence-corrected chi connectivity index (χ1v) is 8.89. The van der Waals surface area contributed by atoms with Crippen LogP contribution in [0, 0.1) is 22.7 Å². The van der Waals surface area contributed by atoms with Crippen LogP contribution in [0.5, 0.6) is 0 Å². The molecular weight excluding hydrogens is 304 g/mol. The molecule has 0 saturated carbocycles. The van der Waals surface area contributed by atoms with Crippen LogP contribution in [0.15, 0.2) is 45.0 Å². The fourth-order valence-electron chi connectivity index (χ4n) is 1.70. The van der Waals surface area contributed by atoms with Gasteiger partial charge in [-0.25, -0.2) is 4.99 Å². The zero-order valence-corrected chi connectivity index (χ0v) is 13.1. The summed E-state index contributed by atoms with van der Waals surface area (Å²) in [5.74, 6) is 0.383. The van der Waals surface area contributed by atoms with Crippen molar-refractivity contribution in [2.24, 2.45) is 4.99 Å². The molecule has 1 aliphatic rings. The highest BCUT2D eigenvalue weighted by atomic mass is 32.2. The molecule has 0 radical (unpaired) electrons. The first kappa shape index (κ1) is 15.0. The predicted octanol–water partition coefficient (Wildman–Crippen LogP) is 1.98. The van der Waals surface area contributed by atoms with Crippen molar-refractivity contribution in [3.63, 3.8) is 0 Å². The standard InChI is InChI=1S/C14H12N4OS2/c1-10(11(6-15)7-16)17-14-9-21(2,19)8-12(18-14)13-4-3-5-20-13/h3-5,8-9H,1-2H3,(H,17,18). The van der Waals surface area contributed by atoms with Gasteiger partial charge in [0.1, 0.15) is 23.5 Å². The molecule has 1 aromatic rings.